The lowest BCUT2D eigenvalue weighted by Crippen LogP contribution is -1.97. The Balaban J connectivity index is 2.80. The highest BCUT2D eigenvalue weighted by atomic mass is 15.0. The number of aryl methyl sites for hydroxylation is 1. The zero-order valence-electron chi connectivity index (χ0n) is 8.28. The Morgan fingerprint density at radius 2 is 2.08 bits per heavy atom. The predicted octanol–water partition coefficient (Wildman–Crippen LogP) is 2.77. The second-order valence-electron chi connectivity index (χ2n) is 3.73. The van der Waals surface area contributed by atoms with Gasteiger partial charge in [0.2, 0.25) is 0 Å². The number of aromatic nitrogens is 2. The minimum Gasteiger partial charge on any atom is -0.307 e. The molecule has 68 valence electrons. The van der Waals surface area contributed by atoms with Gasteiger partial charge in [-0.1, -0.05) is 13.8 Å². The van der Waals surface area contributed by atoms with E-state index in [1.165, 1.54) is 11.1 Å². The van der Waals surface area contributed by atoms with Gasteiger partial charge in [-0.05, 0) is 24.5 Å². The van der Waals surface area contributed by atoms with E-state index in [1.54, 1.807) is 0 Å². The van der Waals surface area contributed by atoms with E-state index in [2.05, 4.69) is 42.4 Å². The summed E-state index contributed by atoms with van der Waals surface area (Å²) in [5.74, 6) is 0.533. The Bertz CT molecular complexity index is 427. The van der Waals surface area contributed by atoms with Crippen LogP contribution < -0.4 is 0 Å². The quantitative estimate of drug-likeness (QED) is 0.649. The Hall–Kier alpha value is -1.31. The third-order valence-corrected chi connectivity index (χ3v) is 2.40. The first kappa shape index (κ1) is 8.30. The maximum atomic E-state index is 4.36. The standard InChI is InChI=1S/C11H14N2/c1-8(2)10-9(3)4-6-13-7-5-12-11(10)13/h4-8H,1-3H3. The molecule has 2 aromatic rings. The van der Waals surface area contributed by atoms with Crippen LogP contribution in [0.2, 0.25) is 0 Å². The molecule has 2 nitrogen and oxygen atoms in total. The molecule has 0 aromatic carbocycles. The lowest BCUT2D eigenvalue weighted by Gasteiger charge is -2.10. The summed E-state index contributed by atoms with van der Waals surface area (Å²) in [4.78, 5) is 4.36. The first-order valence-corrected chi connectivity index (χ1v) is 4.62. The third-order valence-electron chi connectivity index (χ3n) is 2.40. The third kappa shape index (κ3) is 1.22. The van der Waals surface area contributed by atoms with Crippen LogP contribution in [0.15, 0.2) is 24.7 Å². The van der Waals surface area contributed by atoms with Gasteiger partial charge >= 0.3 is 0 Å². The maximum Gasteiger partial charge on any atom is 0.140 e. The molecule has 0 unspecified atom stereocenters. The van der Waals surface area contributed by atoms with Crippen molar-refractivity contribution in [3.8, 4) is 0 Å². The van der Waals surface area contributed by atoms with E-state index in [9.17, 15) is 0 Å². The number of rotatable bonds is 1. The van der Waals surface area contributed by atoms with E-state index in [0.29, 0.717) is 5.92 Å². The fourth-order valence-corrected chi connectivity index (χ4v) is 1.81. The van der Waals surface area contributed by atoms with E-state index >= 15 is 0 Å². The van der Waals surface area contributed by atoms with E-state index < -0.39 is 0 Å². The fourth-order valence-electron chi connectivity index (χ4n) is 1.81. The van der Waals surface area contributed by atoms with Crippen LogP contribution in [0.4, 0.5) is 0 Å². The van der Waals surface area contributed by atoms with E-state index in [1.807, 2.05) is 12.4 Å². The van der Waals surface area contributed by atoms with Gasteiger partial charge in [-0.25, -0.2) is 4.98 Å². The largest absolute Gasteiger partial charge is 0.307 e. The normalized spacial score (nSPS) is 11.4. The van der Waals surface area contributed by atoms with Gasteiger partial charge in [-0.2, -0.15) is 0 Å². The summed E-state index contributed by atoms with van der Waals surface area (Å²) in [7, 11) is 0. The average Bonchev–Trinajstić information content (AvgIpc) is 2.50. The number of imidazole rings is 1. The summed E-state index contributed by atoms with van der Waals surface area (Å²) >= 11 is 0. The predicted molar refractivity (Wildman–Crippen MR) is 54.0 cm³/mol. The van der Waals surface area contributed by atoms with Crippen molar-refractivity contribution in [1.29, 1.82) is 0 Å². The van der Waals surface area contributed by atoms with E-state index in [0.717, 1.165) is 5.65 Å². The van der Waals surface area contributed by atoms with Gasteiger partial charge in [0.1, 0.15) is 5.65 Å². The molecule has 13 heavy (non-hydrogen) atoms. The molecule has 0 N–H and O–H groups in total. The van der Waals surface area contributed by atoms with Gasteiger partial charge in [0.05, 0.1) is 0 Å². The Morgan fingerprint density at radius 3 is 2.77 bits per heavy atom. The monoisotopic (exact) mass is 174 g/mol. The molecule has 2 rings (SSSR count). The molecule has 0 bridgehead atoms. The second-order valence-corrected chi connectivity index (χ2v) is 3.73. The molecular weight excluding hydrogens is 160 g/mol. The van der Waals surface area contributed by atoms with Crippen molar-refractivity contribution >= 4 is 5.65 Å². The van der Waals surface area contributed by atoms with Crippen molar-refractivity contribution in [3.05, 3.63) is 35.8 Å². The van der Waals surface area contributed by atoms with Gasteiger partial charge < -0.3 is 4.40 Å². The molecule has 0 saturated carbocycles. The van der Waals surface area contributed by atoms with Crippen molar-refractivity contribution in [2.75, 3.05) is 0 Å². The summed E-state index contributed by atoms with van der Waals surface area (Å²) in [6.45, 7) is 6.55. The Morgan fingerprint density at radius 1 is 1.31 bits per heavy atom. The van der Waals surface area contributed by atoms with Gasteiger partial charge in [0.15, 0.2) is 0 Å². The molecule has 0 saturated heterocycles. The zero-order chi connectivity index (χ0) is 9.42. The molecule has 0 radical (unpaired) electrons. The van der Waals surface area contributed by atoms with Crippen molar-refractivity contribution < 1.29 is 0 Å². The molecule has 0 amide bonds. The van der Waals surface area contributed by atoms with Gasteiger partial charge in [0, 0.05) is 24.2 Å². The maximum absolute atomic E-state index is 4.36. The van der Waals surface area contributed by atoms with E-state index in [-0.39, 0.29) is 0 Å². The molecule has 0 aliphatic rings. The van der Waals surface area contributed by atoms with Crippen molar-refractivity contribution in [3.63, 3.8) is 0 Å². The molecule has 0 atom stereocenters. The smallest absolute Gasteiger partial charge is 0.140 e. The lowest BCUT2D eigenvalue weighted by atomic mass is 10.00. The topological polar surface area (TPSA) is 17.3 Å². The van der Waals surface area contributed by atoms with Crippen molar-refractivity contribution in [1.82, 2.24) is 9.38 Å². The zero-order valence-corrected chi connectivity index (χ0v) is 8.28. The van der Waals surface area contributed by atoms with Crippen LogP contribution in [0.25, 0.3) is 5.65 Å². The van der Waals surface area contributed by atoms with Crippen LogP contribution in [0, 0.1) is 6.92 Å². The SMILES string of the molecule is Cc1ccn2ccnc2c1C(C)C. The van der Waals surface area contributed by atoms with E-state index in [4.69, 9.17) is 0 Å². The summed E-state index contributed by atoms with van der Waals surface area (Å²) in [6.07, 6.45) is 5.89. The van der Waals surface area contributed by atoms with Crippen LogP contribution in [-0.4, -0.2) is 9.38 Å². The van der Waals surface area contributed by atoms with Crippen LogP contribution in [-0.2, 0) is 0 Å². The van der Waals surface area contributed by atoms with Gasteiger partial charge in [-0.15, -0.1) is 0 Å². The number of nitrogens with zero attached hydrogens (tertiary/aromatic N) is 2. The highest BCUT2D eigenvalue weighted by molar-refractivity contribution is 5.53. The number of pyridine rings is 1. The summed E-state index contributed by atoms with van der Waals surface area (Å²) in [5.41, 5.74) is 3.77. The minimum absolute atomic E-state index is 0.533. The number of hydrogen-bond acceptors (Lipinski definition) is 1. The second kappa shape index (κ2) is 2.87. The average molecular weight is 174 g/mol. The highest BCUT2D eigenvalue weighted by Gasteiger charge is 2.08. The summed E-state index contributed by atoms with van der Waals surface area (Å²) < 4.78 is 2.07. The molecular formula is C11H14N2. The highest BCUT2D eigenvalue weighted by Crippen LogP contribution is 2.22. The first-order chi connectivity index (χ1) is 6.20. The Labute approximate surface area is 78.2 Å². The molecule has 0 aliphatic heterocycles. The van der Waals surface area contributed by atoms with Gasteiger partial charge in [-0.3, -0.25) is 0 Å². The molecule has 0 aliphatic carbocycles. The molecule has 2 heteroatoms. The summed E-state index contributed by atoms with van der Waals surface area (Å²) in [5, 5.41) is 0. The van der Waals surface area contributed by atoms with Crippen molar-refractivity contribution in [2.24, 2.45) is 0 Å². The number of hydrogen-bond donors (Lipinski definition) is 0. The molecule has 0 fully saturated rings. The summed E-state index contributed by atoms with van der Waals surface area (Å²) in [6, 6.07) is 2.14. The van der Waals surface area contributed by atoms with Crippen molar-refractivity contribution in [2.45, 2.75) is 26.7 Å². The Kier molecular flexibility index (Phi) is 1.83. The molecule has 0 spiro atoms. The minimum atomic E-state index is 0.533. The fraction of sp³-hybridized carbons (Fsp3) is 0.364. The number of fused-ring (bicyclic) bond motifs is 1. The van der Waals surface area contributed by atoms with Crippen LogP contribution in [0.1, 0.15) is 30.9 Å². The molecule has 2 heterocycles. The van der Waals surface area contributed by atoms with Crippen LogP contribution in [0.5, 0.6) is 0 Å². The first-order valence-electron chi connectivity index (χ1n) is 4.62. The van der Waals surface area contributed by atoms with Crippen LogP contribution >= 0.6 is 0 Å². The molecule has 2 aromatic heterocycles. The van der Waals surface area contributed by atoms with Gasteiger partial charge in [0.25, 0.3) is 0 Å². The lowest BCUT2D eigenvalue weighted by molar-refractivity contribution is 0.852. The van der Waals surface area contributed by atoms with Crippen LogP contribution in [0.3, 0.4) is 0 Å².